The summed E-state index contributed by atoms with van der Waals surface area (Å²) in [4.78, 5) is 38.5. The second-order valence-corrected chi connectivity index (χ2v) is 13.8. The van der Waals surface area contributed by atoms with E-state index in [-0.39, 0.29) is 23.1 Å². The summed E-state index contributed by atoms with van der Waals surface area (Å²) in [7, 11) is 0. The van der Waals surface area contributed by atoms with Crippen LogP contribution in [0.25, 0.3) is 11.0 Å². The number of aryl methyl sites for hydroxylation is 1. The molecule has 2 aromatic carbocycles. The van der Waals surface area contributed by atoms with Gasteiger partial charge in [-0.25, -0.2) is 9.97 Å². The lowest BCUT2D eigenvalue weighted by atomic mass is 9.84. The first-order valence-corrected chi connectivity index (χ1v) is 15.7. The number of carbonyl (C=O) groups excluding carboxylic acids is 2. The Balaban J connectivity index is 1.13. The van der Waals surface area contributed by atoms with Gasteiger partial charge in [0.25, 0.3) is 0 Å². The molecule has 4 N–H and O–H groups in total. The molecule has 232 valence electrons. The van der Waals surface area contributed by atoms with Crippen LogP contribution in [0.2, 0.25) is 0 Å². The van der Waals surface area contributed by atoms with E-state index in [9.17, 15) is 9.59 Å². The maximum Gasteiger partial charge on any atom is 0.240 e. The number of benzene rings is 2. The van der Waals surface area contributed by atoms with Crippen LogP contribution in [0.3, 0.4) is 0 Å². The van der Waals surface area contributed by atoms with E-state index in [0.29, 0.717) is 35.1 Å². The van der Waals surface area contributed by atoms with E-state index in [1.165, 1.54) is 11.9 Å². The molecule has 0 unspecified atom stereocenters. The molecule has 2 heterocycles. The van der Waals surface area contributed by atoms with Crippen molar-refractivity contribution in [2.75, 3.05) is 11.9 Å². The predicted molar refractivity (Wildman–Crippen MR) is 177 cm³/mol. The number of ketones is 1. The van der Waals surface area contributed by atoms with E-state index in [1.54, 1.807) is 6.20 Å². The smallest absolute Gasteiger partial charge is 0.240 e. The molecule has 1 fully saturated rings. The van der Waals surface area contributed by atoms with Gasteiger partial charge in [-0.2, -0.15) is 0 Å². The molecule has 0 aliphatic heterocycles. The molecule has 2 aromatic heterocycles. The third-order valence-corrected chi connectivity index (χ3v) is 8.91. The number of nitrogens with one attached hydrogen (secondary N) is 4. The number of nitrogens with zero attached hydrogens (tertiary/aromatic N) is 2. The molecule has 8 heteroatoms. The molecular formula is C36H46N6O2. The number of aromatic nitrogens is 3. The average Bonchev–Trinajstić information content (AvgIpc) is 3.44. The number of fused-ring (bicyclic) bond motifs is 1. The lowest BCUT2D eigenvalue weighted by Gasteiger charge is -2.35. The van der Waals surface area contributed by atoms with Crippen molar-refractivity contribution < 1.29 is 9.59 Å². The molecule has 1 aliphatic rings. The molecule has 0 spiro atoms. The Morgan fingerprint density at radius 2 is 1.61 bits per heavy atom. The van der Waals surface area contributed by atoms with Gasteiger partial charge in [0, 0.05) is 30.9 Å². The van der Waals surface area contributed by atoms with Crippen LogP contribution in [-0.2, 0) is 16.8 Å². The zero-order valence-corrected chi connectivity index (χ0v) is 26.9. The summed E-state index contributed by atoms with van der Waals surface area (Å²) in [5, 5.41) is 11.0. The largest absolute Gasteiger partial charge is 0.369 e. The van der Waals surface area contributed by atoms with Crippen LogP contribution < -0.4 is 16.0 Å². The van der Waals surface area contributed by atoms with Crippen molar-refractivity contribution in [1.82, 2.24) is 25.6 Å². The van der Waals surface area contributed by atoms with Crippen LogP contribution in [-0.4, -0.2) is 44.8 Å². The van der Waals surface area contributed by atoms with Crippen molar-refractivity contribution in [3.05, 3.63) is 88.9 Å². The van der Waals surface area contributed by atoms with Crippen LogP contribution in [0.4, 0.5) is 5.82 Å². The van der Waals surface area contributed by atoms with Gasteiger partial charge in [-0.05, 0) is 74.5 Å². The van der Waals surface area contributed by atoms with Crippen molar-refractivity contribution in [3.8, 4) is 0 Å². The highest BCUT2D eigenvalue weighted by Gasteiger charge is 2.32. The third-order valence-electron chi connectivity index (χ3n) is 8.91. The molecule has 5 rings (SSSR count). The number of anilines is 1. The molecule has 1 saturated carbocycles. The molecule has 0 bridgehead atoms. The molecule has 1 amide bonds. The lowest BCUT2D eigenvalue weighted by Crippen LogP contribution is -2.56. The highest BCUT2D eigenvalue weighted by Crippen LogP contribution is 2.29. The molecule has 8 nitrogen and oxygen atoms in total. The van der Waals surface area contributed by atoms with Gasteiger partial charge in [0.15, 0.2) is 5.78 Å². The maximum atomic E-state index is 13.4. The van der Waals surface area contributed by atoms with Crippen molar-refractivity contribution in [2.24, 2.45) is 5.92 Å². The minimum Gasteiger partial charge on any atom is -0.369 e. The topological polar surface area (TPSA) is 112 Å². The average molecular weight is 595 g/mol. The molecule has 4 aromatic rings. The first-order chi connectivity index (χ1) is 20.9. The minimum atomic E-state index is -0.665. The second-order valence-electron chi connectivity index (χ2n) is 13.8. The number of rotatable bonds is 10. The first-order valence-electron chi connectivity index (χ1n) is 15.7. The third kappa shape index (κ3) is 7.18. The second kappa shape index (κ2) is 12.9. The minimum absolute atomic E-state index is 0.0107. The van der Waals surface area contributed by atoms with E-state index >= 15 is 0 Å². The number of aromatic amines is 1. The Kier molecular flexibility index (Phi) is 9.20. The maximum absolute atomic E-state index is 13.4. The van der Waals surface area contributed by atoms with Gasteiger partial charge in [-0.3, -0.25) is 9.59 Å². The van der Waals surface area contributed by atoms with Crippen molar-refractivity contribution in [2.45, 2.75) is 90.8 Å². The summed E-state index contributed by atoms with van der Waals surface area (Å²) in [5.41, 5.74) is 4.68. The number of carbonyl (C=O) groups is 2. The van der Waals surface area contributed by atoms with Crippen molar-refractivity contribution >= 4 is 28.5 Å². The lowest BCUT2D eigenvalue weighted by molar-refractivity contribution is -0.127. The fourth-order valence-electron chi connectivity index (χ4n) is 6.10. The first kappa shape index (κ1) is 31.4. The van der Waals surface area contributed by atoms with E-state index in [0.717, 1.165) is 48.7 Å². The van der Waals surface area contributed by atoms with Crippen molar-refractivity contribution in [3.63, 3.8) is 0 Å². The predicted octanol–water partition coefficient (Wildman–Crippen LogP) is 6.45. The quantitative estimate of drug-likeness (QED) is 0.157. The van der Waals surface area contributed by atoms with Gasteiger partial charge in [0.1, 0.15) is 17.8 Å². The summed E-state index contributed by atoms with van der Waals surface area (Å²) in [6.07, 6.45) is 7.34. The van der Waals surface area contributed by atoms with E-state index in [1.807, 2.05) is 45.0 Å². The van der Waals surface area contributed by atoms with E-state index < -0.39 is 5.54 Å². The fraction of sp³-hybridized carbons (Fsp3) is 0.444. The van der Waals surface area contributed by atoms with Crippen LogP contribution in [0.15, 0.2) is 61.1 Å². The Labute approximate surface area is 260 Å². The molecular weight excluding hydrogens is 548 g/mol. The van der Waals surface area contributed by atoms with Gasteiger partial charge in [-0.15, -0.1) is 0 Å². The van der Waals surface area contributed by atoms with Crippen LogP contribution in [0, 0.1) is 12.8 Å². The zero-order valence-electron chi connectivity index (χ0n) is 26.9. The van der Waals surface area contributed by atoms with Crippen LogP contribution in [0.1, 0.15) is 92.9 Å². The van der Waals surface area contributed by atoms with Gasteiger partial charge >= 0.3 is 0 Å². The summed E-state index contributed by atoms with van der Waals surface area (Å²) in [5.74, 6) is 1.13. The highest BCUT2D eigenvalue weighted by molar-refractivity contribution is 6.18. The fourth-order valence-corrected chi connectivity index (χ4v) is 6.10. The zero-order chi connectivity index (χ0) is 31.5. The number of H-pyrrole nitrogens is 1. The summed E-state index contributed by atoms with van der Waals surface area (Å²) in [6.45, 7) is 13.8. The van der Waals surface area contributed by atoms with Gasteiger partial charge < -0.3 is 20.9 Å². The van der Waals surface area contributed by atoms with Crippen molar-refractivity contribution in [1.29, 1.82) is 0 Å². The monoisotopic (exact) mass is 594 g/mol. The Morgan fingerprint density at radius 3 is 2.30 bits per heavy atom. The Morgan fingerprint density at radius 1 is 0.909 bits per heavy atom. The Hall–Kier alpha value is -4.04. The normalized spacial score (nSPS) is 17.4. The van der Waals surface area contributed by atoms with Gasteiger partial charge in [0.05, 0.1) is 16.5 Å². The van der Waals surface area contributed by atoms with Crippen LogP contribution in [0.5, 0.6) is 0 Å². The number of hydrogen-bond acceptors (Lipinski definition) is 6. The van der Waals surface area contributed by atoms with Gasteiger partial charge in [0.2, 0.25) is 5.91 Å². The summed E-state index contributed by atoms with van der Waals surface area (Å²) >= 11 is 0. The molecule has 0 radical (unpaired) electrons. The van der Waals surface area contributed by atoms with E-state index in [2.05, 4.69) is 75.9 Å². The number of hydrogen-bond donors (Lipinski definition) is 4. The molecule has 0 atom stereocenters. The van der Waals surface area contributed by atoms with Crippen LogP contribution >= 0.6 is 0 Å². The van der Waals surface area contributed by atoms with Gasteiger partial charge in [-0.1, -0.05) is 69.3 Å². The summed E-state index contributed by atoms with van der Waals surface area (Å²) in [6, 6.07) is 16.4. The molecule has 1 aliphatic carbocycles. The van der Waals surface area contributed by atoms with E-state index in [4.69, 9.17) is 0 Å². The summed E-state index contributed by atoms with van der Waals surface area (Å²) < 4.78 is 0. The standard InChI is InChI=1S/C36H46N6O2/c1-23-9-7-8-10-28(23)31(43)29-21-38-33-30(29)32(40-22-41-33)37-19-25-13-17-27(18-14-25)42-36(5,6)34(44)39-20-24-11-15-26(16-12-24)35(2,3)4/h7-12,15-16,21-22,25,27,42H,13-14,17-20H2,1-6H3,(H,39,44)(H2,37,38,40,41). The Bertz CT molecular complexity index is 1610. The highest BCUT2D eigenvalue weighted by atomic mass is 16.2. The molecule has 0 saturated heterocycles. The SMILES string of the molecule is Cc1ccccc1C(=O)c1c[nH]c2ncnc(NCC3CCC(NC(C)(C)C(=O)NCc4ccc(C(C)(C)C)cc4)CC3)c12. The number of amides is 1. The molecule has 44 heavy (non-hydrogen) atoms.